The van der Waals surface area contributed by atoms with E-state index in [1.807, 2.05) is 32.9 Å². The van der Waals surface area contributed by atoms with Crippen LogP contribution in [0.25, 0.3) is 0 Å². The van der Waals surface area contributed by atoms with Crippen LogP contribution in [0, 0.1) is 6.92 Å². The van der Waals surface area contributed by atoms with Gasteiger partial charge in [-0.15, -0.1) is 0 Å². The van der Waals surface area contributed by atoms with E-state index in [4.69, 9.17) is 11.6 Å². The summed E-state index contributed by atoms with van der Waals surface area (Å²) in [5.74, 6) is 0.629. The largest absolute Gasteiger partial charge is 0.356 e. The predicted molar refractivity (Wildman–Crippen MR) is 89.1 cm³/mol. The molecule has 116 valence electrons. The lowest BCUT2D eigenvalue weighted by molar-refractivity contribution is -0.116. The molecule has 0 aliphatic heterocycles. The van der Waals surface area contributed by atoms with E-state index in [2.05, 4.69) is 20.9 Å². The summed E-state index contributed by atoms with van der Waals surface area (Å²) in [5, 5.41) is 9.76. The van der Waals surface area contributed by atoms with Gasteiger partial charge in [-0.25, -0.2) is 0 Å². The molecule has 1 rings (SSSR count). The summed E-state index contributed by atoms with van der Waals surface area (Å²) in [6.45, 7) is 6.45. The number of amides is 1. The number of nitrogens with one attached hydrogen (secondary N) is 3. The maximum atomic E-state index is 11.9. The molecule has 0 radical (unpaired) electrons. The fraction of sp³-hybridized carbons (Fsp3) is 0.467. The molecule has 0 aromatic heterocycles. The van der Waals surface area contributed by atoms with Gasteiger partial charge in [0.1, 0.15) is 0 Å². The number of hydrogen-bond donors (Lipinski definition) is 3. The molecule has 0 fully saturated rings. The van der Waals surface area contributed by atoms with Crippen LogP contribution >= 0.6 is 11.6 Å². The Morgan fingerprint density at radius 2 is 2.10 bits per heavy atom. The second-order valence-electron chi connectivity index (χ2n) is 5.01. The summed E-state index contributed by atoms with van der Waals surface area (Å²) in [6.07, 6.45) is 0.352. The quantitative estimate of drug-likeness (QED) is 0.578. The van der Waals surface area contributed by atoms with Crippen LogP contribution in [-0.2, 0) is 4.79 Å². The molecule has 0 saturated heterocycles. The van der Waals surface area contributed by atoms with E-state index >= 15 is 0 Å². The zero-order chi connectivity index (χ0) is 15.8. The predicted octanol–water partition coefficient (Wildman–Crippen LogP) is 2.55. The third-order valence-electron chi connectivity index (χ3n) is 2.84. The molecule has 6 heteroatoms. The summed E-state index contributed by atoms with van der Waals surface area (Å²) in [4.78, 5) is 16.0. The molecule has 3 N–H and O–H groups in total. The molecule has 1 aromatic rings. The van der Waals surface area contributed by atoms with Crippen LogP contribution in [0.3, 0.4) is 0 Å². The number of hydrogen-bond acceptors (Lipinski definition) is 2. The molecule has 0 spiro atoms. The van der Waals surface area contributed by atoms with Crippen LogP contribution in [0.15, 0.2) is 23.2 Å². The summed E-state index contributed by atoms with van der Waals surface area (Å²) < 4.78 is 0. The Kier molecular flexibility index (Phi) is 7.02. The van der Waals surface area contributed by atoms with Crippen molar-refractivity contribution in [2.75, 3.05) is 18.9 Å². The fourth-order valence-electron chi connectivity index (χ4n) is 1.72. The van der Waals surface area contributed by atoms with E-state index in [0.29, 0.717) is 30.0 Å². The Morgan fingerprint density at radius 1 is 1.38 bits per heavy atom. The number of carbonyl (C=O) groups excluding carboxylic acids is 1. The third kappa shape index (κ3) is 6.04. The molecular formula is C15H23ClN4O. The Morgan fingerprint density at radius 3 is 2.71 bits per heavy atom. The van der Waals surface area contributed by atoms with Crippen molar-refractivity contribution in [1.29, 1.82) is 0 Å². The highest BCUT2D eigenvalue weighted by molar-refractivity contribution is 6.31. The molecule has 0 unspecified atom stereocenters. The Labute approximate surface area is 131 Å². The molecule has 0 saturated carbocycles. The van der Waals surface area contributed by atoms with E-state index in [1.54, 1.807) is 13.1 Å². The molecule has 1 amide bonds. The Balaban J connectivity index is 2.43. The van der Waals surface area contributed by atoms with Gasteiger partial charge in [-0.3, -0.25) is 9.79 Å². The number of halogens is 1. The molecule has 5 nitrogen and oxygen atoms in total. The molecule has 21 heavy (non-hydrogen) atoms. The van der Waals surface area contributed by atoms with Crippen LogP contribution in [0.4, 0.5) is 5.69 Å². The first-order valence-electron chi connectivity index (χ1n) is 6.96. The van der Waals surface area contributed by atoms with Gasteiger partial charge in [-0.05, 0) is 38.5 Å². The van der Waals surface area contributed by atoms with E-state index in [9.17, 15) is 4.79 Å². The third-order valence-corrected chi connectivity index (χ3v) is 3.24. The van der Waals surface area contributed by atoms with Crippen LogP contribution < -0.4 is 16.0 Å². The van der Waals surface area contributed by atoms with Crippen molar-refractivity contribution in [3.63, 3.8) is 0 Å². The Hall–Kier alpha value is -1.75. The molecule has 0 atom stereocenters. The van der Waals surface area contributed by atoms with Crippen LogP contribution in [0.2, 0.25) is 5.02 Å². The lowest BCUT2D eigenvalue weighted by Gasteiger charge is -2.14. The van der Waals surface area contributed by atoms with Crippen molar-refractivity contribution < 1.29 is 4.79 Å². The first kappa shape index (κ1) is 17.3. The topological polar surface area (TPSA) is 65.5 Å². The SMILES string of the molecule is CN=C(NCCC(=O)Nc1cccc(Cl)c1C)NC(C)C. The highest BCUT2D eigenvalue weighted by Crippen LogP contribution is 2.22. The summed E-state index contributed by atoms with van der Waals surface area (Å²) in [5.41, 5.74) is 1.62. The number of nitrogens with zero attached hydrogens (tertiary/aromatic N) is 1. The van der Waals surface area contributed by atoms with Gasteiger partial charge in [-0.2, -0.15) is 0 Å². The average Bonchev–Trinajstić information content (AvgIpc) is 2.42. The molecule has 0 aliphatic carbocycles. The lowest BCUT2D eigenvalue weighted by atomic mass is 10.2. The maximum absolute atomic E-state index is 11.9. The number of benzene rings is 1. The number of carbonyl (C=O) groups is 1. The zero-order valence-electron chi connectivity index (χ0n) is 13.0. The lowest BCUT2D eigenvalue weighted by Crippen LogP contribution is -2.41. The van der Waals surface area contributed by atoms with Gasteiger partial charge < -0.3 is 16.0 Å². The number of guanidine groups is 1. The first-order chi connectivity index (χ1) is 9.93. The van der Waals surface area contributed by atoms with Gasteiger partial charge in [-0.1, -0.05) is 17.7 Å². The van der Waals surface area contributed by atoms with Gasteiger partial charge in [0.05, 0.1) is 0 Å². The minimum Gasteiger partial charge on any atom is -0.356 e. The smallest absolute Gasteiger partial charge is 0.226 e. The van der Waals surface area contributed by atoms with Gasteiger partial charge in [0.25, 0.3) is 0 Å². The van der Waals surface area contributed by atoms with E-state index in [0.717, 1.165) is 11.3 Å². The zero-order valence-corrected chi connectivity index (χ0v) is 13.7. The average molecular weight is 311 g/mol. The highest BCUT2D eigenvalue weighted by Gasteiger charge is 2.07. The van der Waals surface area contributed by atoms with Crippen molar-refractivity contribution in [3.8, 4) is 0 Å². The number of anilines is 1. The minimum atomic E-state index is -0.0622. The summed E-state index contributed by atoms with van der Waals surface area (Å²) in [6, 6.07) is 5.75. The normalized spacial score (nSPS) is 11.4. The van der Waals surface area contributed by atoms with Crippen molar-refractivity contribution in [2.45, 2.75) is 33.2 Å². The highest BCUT2D eigenvalue weighted by atomic mass is 35.5. The summed E-state index contributed by atoms with van der Waals surface area (Å²) >= 11 is 6.02. The van der Waals surface area contributed by atoms with E-state index < -0.39 is 0 Å². The molecule has 1 aromatic carbocycles. The van der Waals surface area contributed by atoms with Gasteiger partial charge in [0.15, 0.2) is 5.96 Å². The molecule has 0 bridgehead atoms. The van der Waals surface area contributed by atoms with Gasteiger partial charge in [0.2, 0.25) is 5.91 Å². The number of rotatable bonds is 5. The minimum absolute atomic E-state index is 0.0622. The van der Waals surface area contributed by atoms with Crippen molar-refractivity contribution in [1.82, 2.24) is 10.6 Å². The summed E-state index contributed by atoms with van der Waals surface area (Å²) in [7, 11) is 1.70. The molecular weight excluding hydrogens is 288 g/mol. The number of aliphatic imine (C=N–C) groups is 1. The van der Waals surface area contributed by atoms with Crippen LogP contribution in [0.5, 0.6) is 0 Å². The van der Waals surface area contributed by atoms with Crippen molar-refractivity contribution in [2.24, 2.45) is 4.99 Å². The van der Waals surface area contributed by atoms with Crippen molar-refractivity contribution >= 4 is 29.2 Å². The maximum Gasteiger partial charge on any atom is 0.226 e. The van der Waals surface area contributed by atoms with Crippen LogP contribution in [-0.4, -0.2) is 31.5 Å². The Bertz CT molecular complexity index is 514. The molecule has 0 aliphatic rings. The standard InChI is InChI=1S/C15H23ClN4O/c1-10(2)19-15(17-4)18-9-8-14(21)20-13-7-5-6-12(16)11(13)3/h5-7,10H,8-9H2,1-4H3,(H,20,21)(H2,17,18,19). The van der Waals surface area contributed by atoms with Crippen molar-refractivity contribution in [3.05, 3.63) is 28.8 Å². The van der Waals surface area contributed by atoms with Gasteiger partial charge >= 0.3 is 0 Å². The van der Waals surface area contributed by atoms with E-state index in [-0.39, 0.29) is 5.91 Å². The second-order valence-corrected chi connectivity index (χ2v) is 5.42. The monoisotopic (exact) mass is 310 g/mol. The fourth-order valence-corrected chi connectivity index (χ4v) is 1.89. The van der Waals surface area contributed by atoms with Crippen LogP contribution in [0.1, 0.15) is 25.8 Å². The first-order valence-corrected chi connectivity index (χ1v) is 7.34. The molecule has 0 heterocycles. The second kappa shape index (κ2) is 8.52. The van der Waals surface area contributed by atoms with Gasteiger partial charge in [0, 0.05) is 36.8 Å². The van der Waals surface area contributed by atoms with E-state index in [1.165, 1.54) is 0 Å².